The summed E-state index contributed by atoms with van der Waals surface area (Å²) in [6.45, 7) is 7.39. The first-order chi connectivity index (χ1) is 12.7. The summed E-state index contributed by atoms with van der Waals surface area (Å²) >= 11 is 0. The summed E-state index contributed by atoms with van der Waals surface area (Å²) in [6, 6.07) is 16.3. The number of aryl methyl sites for hydroxylation is 1. The van der Waals surface area contributed by atoms with Gasteiger partial charge < -0.3 is 9.47 Å². The van der Waals surface area contributed by atoms with E-state index in [1.807, 2.05) is 47.4 Å². The summed E-state index contributed by atoms with van der Waals surface area (Å²) in [7, 11) is 0. The second-order valence-corrected chi connectivity index (χ2v) is 6.75. The number of carbonyl (C=O) groups excluding carboxylic acids is 1. The summed E-state index contributed by atoms with van der Waals surface area (Å²) in [5, 5.41) is 0. The molecule has 4 heteroatoms. The Morgan fingerprint density at radius 1 is 1.19 bits per heavy atom. The van der Waals surface area contributed by atoms with Crippen LogP contribution >= 0.6 is 0 Å². The molecule has 1 atom stereocenters. The third kappa shape index (κ3) is 2.71. The van der Waals surface area contributed by atoms with E-state index in [0.717, 1.165) is 29.0 Å². The number of rotatable bonds is 5. The molecule has 0 N–H and O–H groups in total. The highest BCUT2D eigenvalue weighted by Gasteiger charge is 2.35. The first-order valence-corrected chi connectivity index (χ1v) is 9.17. The van der Waals surface area contributed by atoms with Gasteiger partial charge in [0.05, 0.1) is 11.0 Å². The molecule has 2 aromatic carbocycles. The van der Waals surface area contributed by atoms with E-state index >= 15 is 0 Å². The van der Waals surface area contributed by atoms with Crippen LogP contribution in [-0.4, -0.2) is 22.0 Å². The number of hydrogen-bond acceptors (Lipinski definition) is 2. The van der Waals surface area contributed by atoms with E-state index in [4.69, 9.17) is 4.98 Å². The molecular weight excluding hydrogens is 322 g/mol. The fourth-order valence-corrected chi connectivity index (χ4v) is 3.91. The third-order valence-corrected chi connectivity index (χ3v) is 5.15. The average molecular weight is 345 g/mol. The molecule has 0 bridgehead atoms. The summed E-state index contributed by atoms with van der Waals surface area (Å²) in [4.78, 5) is 19.6. The Balaban J connectivity index is 1.72. The number of aromatic nitrogens is 2. The molecule has 1 aliphatic rings. The van der Waals surface area contributed by atoms with Gasteiger partial charge >= 0.3 is 0 Å². The molecule has 0 radical (unpaired) electrons. The molecule has 4 nitrogen and oxygen atoms in total. The Kier molecular flexibility index (Phi) is 4.33. The highest BCUT2D eigenvalue weighted by Crippen LogP contribution is 2.34. The van der Waals surface area contributed by atoms with E-state index in [-0.39, 0.29) is 11.8 Å². The van der Waals surface area contributed by atoms with Gasteiger partial charge in [-0.2, -0.15) is 0 Å². The van der Waals surface area contributed by atoms with Crippen LogP contribution in [0.3, 0.4) is 0 Å². The van der Waals surface area contributed by atoms with Crippen molar-refractivity contribution in [3.63, 3.8) is 0 Å². The van der Waals surface area contributed by atoms with Gasteiger partial charge in [-0.25, -0.2) is 4.98 Å². The SMILES string of the molecule is C=CCn1c([C@@H]2CC(=O)N(c3ccccc3CC)C2)nc2ccccc21. The Morgan fingerprint density at radius 2 is 1.96 bits per heavy atom. The molecule has 1 amide bonds. The second-order valence-electron chi connectivity index (χ2n) is 6.75. The van der Waals surface area contributed by atoms with Crippen molar-refractivity contribution in [3.8, 4) is 0 Å². The van der Waals surface area contributed by atoms with Crippen LogP contribution in [0.5, 0.6) is 0 Å². The maximum Gasteiger partial charge on any atom is 0.227 e. The molecule has 1 saturated heterocycles. The van der Waals surface area contributed by atoms with Crippen LogP contribution in [-0.2, 0) is 17.8 Å². The highest BCUT2D eigenvalue weighted by atomic mass is 16.2. The van der Waals surface area contributed by atoms with E-state index in [0.29, 0.717) is 19.5 Å². The molecule has 0 spiro atoms. The topological polar surface area (TPSA) is 38.1 Å². The van der Waals surface area contributed by atoms with Crippen LogP contribution in [0, 0.1) is 0 Å². The average Bonchev–Trinajstić information content (AvgIpc) is 3.23. The zero-order chi connectivity index (χ0) is 18.1. The summed E-state index contributed by atoms with van der Waals surface area (Å²) in [5.74, 6) is 1.25. The molecule has 3 aromatic rings. The van der Waals surface area contributed by atoms with Crippen LogP contribution in [0.15, 0.2) is 61.2 Å². The Labute approximate surface area is 153 Å². The van der Waals surface area contributed by atoms with Crippen molar-refractivity contribution >= 4 is 22.6 Å². The molecule has 0 unspecified atom stereocenters. The van der Waals surface area contributed by atoms with E-state index in [1.54, 1.807) is 0 Å². The van der Waals surface area contributed by atoms with Crippen molar-refractivity contribution < 1.29 is 4.79 Å². The van der Waals surface area contributed by atoms with Gasteiger partial charge in [-0.05, 0) is 30.2 Å². The minimum Gasteiger partial charge on any atom is -0.324 e. The summed E-state index contributed by atoms with van der Waals surface area (Å²) < 4.78 is 2.19. The number of benzene rings is 2. The number of anilines is 1. The highest BCUT2D eigenvalue weighted by molar-refractivity contribution is 5.97. The molecule has 2 heterocycles. The van der Waals surface area contributed by atoms with Crippen molar-refractivity contribution in [1.29, 1.82) is 0 Å². The Hall–Kier alpha value is -2.88. The third-order valence-electron chi connectivity index (χ3n) is 5.15. The van der Waals surface area contributed by atoms with Crippen LogP contribution in [0.25, 0.3) is 11.0 Å². The predicted molar refractivity (Wildman–Crippen MR) is 105 cm³/mol. The molecule has 1 aromatic heterocycles. The normalized spacial score (nSPS) is 17.2. The second kappa shape index (κ2) is 6.79. The smallest absolute Gasteiger partial charge is 0.227 e. The van der Waals surface area contributed by atoms with Gasteiger partial charge in [-0.15, -0.1) is 6.58 Å². The van der Waals surface area contributed by atoms with E-state index in [9.17, 15) is 4.79 Å². The van der Waals surface area contributed by atoms with Crippen molar-refractivity contribution in [1.82, 2.24) is 9.55 Å². The number of hydrogen-bond donors (Lipinski definition) is 0. The number of carbonyl (C=O) groups is 1. The van der Waals surface area contributed by atoms with Crippen LogP contribution in [0.1, 0.15) is 30.7 Å². The van der Waals surface area contributed by atoms with E-state index in [2.05, 4.69) is 30.2 Å². The first kappa shape index (κ1) is 16.6. The van der Waals surface area contributed by atoms with Gasteiger partial charge in [-0.3, -0.25) is 4.79 Å². The molecule has 132 valence electrons. The largest absolute Gasteiger partial charge is 0.324 e. The van der Waals surface area contributed by atoms with E-state index < -0.39 is 0 Å². The summed E-state index contributed by atoms with van der Waals surface area (Å²) in [6.07, 6.45) is 3.30. The maximum absolute atomic E-state index is 12.8. The van der Waals surface area contributed by atoms with Gasteiger partial charge in [0.2, 0.25) is 5.91 Å². The van der Waals surface area contributed by atoms with E-state index in [1.165, 1.54) is 5.56 Å². The van der Waals surface area contributed by atoms with Gasteiger partial charge in [0.1, 0.15) is 5.82 Å². The number of nitrogens with zero attached hydrogens (tertiary/aromatic N) is 3. The standard InChI is InChI=1S/C22H23N3O/c1-3-13-24-20-12-8-6-10-18(20)23-22(24)17-14-21(26)25(15-17)19-11-7-5-9-16(19)4-2/h3,5-12,17H,1,4,13-15H2,2H3/t17-/m1/s1. The molecule has 0 saturated carbocycles. The number of para-hydroxylation sites is 3. The molecule has 26 heavy (non-hydrogen) atoms. The predicted octanol–water partition coefficient (Wildman–Crippen LogP) is 4.31. The minimum atomic E-state index is 0.0970. The van der Waals surface area contributed by atoms with Crippen molar-refractivity contribution in [3.05, 3.63) is 72.6 Å². The van der Waals surface area contributed by atoms with Crippen molar-refractivity contribution in [2.45, 2.75) is 32.2 Å². The number of allylic oxidation sites excluding steroid dienone is 1. The molecule has 0 aliphatic carbocycles. The molecule has 1 fully saturated rings. The monoisotopic (exact) mass is 345 g/mol. The van der Waals surface area contributed by atoms with Crippen molar-refractivity contribution in [2.75, 3.05) is 11.4 Å². The van der Waals surface area contributed by atoms with Crippen molar-refractivity contribution in [2.24, 2.45) is 0 Å². The Bertz CT molecular complexity index is 972. The van der Waals surface area contributed by atoms with Gasteiger partial charge in [0.15, 0.2) is 0 Å². The molecule has 1 aliphatic heterocycles. The molecular formula is C22H23N3O. The number of imidazole rings is 1. The van der Waals surface area contributed by atoms with Gasteiger partial charge in [0, 0.05) is 31.1 Å². The zero-order valence-corrected chi connectivity index (χ0v) is 15.1. The van der Waals surface area contributed by atoms with Gasteiger partial charge in [0.25, 0.3) is 0 Å². The maximum atomic E-state index is 12.8. The quantitative estimate of drug-likeness (QED) is 0.647. The Morgan fingerprint density at radius 3 is 2.77 bits per heavy atom. The number of amides is 1. The van der Waals surface area contributed by atoms with Gasteiger partial charge in [-0.1, -0.05) is 43.3 Å². The lowest BCUT2D eigenvalue weighted by Gasteiger charge is -2.20. The lowest BCUT2D eigenvalue weighted by atomic mass is 10.1. The zero-order valence-electron chi connectivity index (χ0n) is 15.1. The molecule has 4 rings (SSSR count). The van der Waals surface area contributed by atoms with Crippen LogP contribution < -0.4 is 4.90 Å². The fraction of sp³-hybridized carbons (Fsp3) is 0.273. The first-order valence-electron chi connectivity index (χ1n) is 9.17. The lowest BCUT2D eigenvalue weighted by molar-refractivity contribution is -0.117. The fourth-order valence-electron chi connectivity index (χ4n) is 3.91. The van der Waals surface area contributed by atoms with Crippen LogP contribution in [0.4, 0.5) is 5.69 Å². The van der Waals surface area contributed by atoms with Crippen LogP contribution in [0.2, 0.25) is 0 Å². The summed E-state index contributed by atoms with van der Waals surface area (Å²) in [5.41, 5.74) is 4.32. The lowest BCUT2D eigenvalue weighted by Crippen LogP contribution is -2.25. The minimum absolute atomic E-state index is 0.0970. The number of fused-ring (bicyclic) bond motifs is 1.